The number of nitrogens with one attached hydrogen (secondary N) is 2. The van der Waals surface area contributed by atoms with Crippen molar-refractivity contribution in [3.63, 3.8) is 0 Å². The Morgan fingerprint density at radius 3 is 3.05 bits per heavy atom. The Morgan fingerprint density at radius 2 is 2.24 bits per heavy atom. The zero-order chi connectivity index (χ0) is 14.6. The Morgan fingerprint density at radius 1 is 1.38 bits per heavy atom. The van der Waals surface area contributed by atoms with Crippen LogP contribution in [0.5, 0.6) is 0 Å². The molecule has 1 aliphatic rings. The van der Waals surface area contributed by atoms with E-state index in [0.717, 1.165) is 28.8 Å². The predicted molar refractivity (Wildman–Crippen MR) is 84.2 cm³/mol. The molecule has 3 heterocycles. The van der Waals surface area contributed by atoms with E-state index in [2.05, 4.69) is 23.0 Å². The minimum absolute atomic E-state index is 0.332. The summed E-state index contributed by atoms with van der Waals surface area (Å²) in [6.45, 7) is 2.22. The zero-order valence-electron chi connectivity index (χ0n) is 11.7. The van der Waals surface area contributed by atoms with Crippen LogP contribution in [0, 0.1) is 5.92 Å². The molecule has 0 amide bonds. The number of aromatic nitrogens is 3. The third-order valence-corrected chi connectivity index (χ3v) is 5.50. The molecule has 0 unspecified atom stereocenters. The second-order valence-corrected chi connectivity index (χ2v) is 6.68. The third kappa shape index (κ3) is 1.93. The lowest BCUT2D eigenvalue weighted by molar-refractivity contribution is 0.441. The number of hydrogen-bond acceptors (Lipinski definition) is 4. The molecule has 5 nitrogen and oxygen atoms in total. The lowest BCUT2D eigenvalue weighted by atomic mass is 9.85. The number of aromatic amines is 2. The minimum atomic E-state index is -0.462. The van der Waals surface area contributed by atoms with Crippen LogP contribution in [0.3, 0.4) is 0 Å². The lowest BCUT2D eigenvalue weighted by Crippen LogP contribution is -2.20. The van der Waals surface area contributed by atoms with E-state index in [-0.39, 0.29) is 5.56 Å². The summed E-state index contributed by atoms with van der Waals surface area (Å²) in [7, 11) is 0. The lowest BCUT2D eigenvalue weighted by Gasteiger charge is -2.22. The maximum absolute atomic E-state index is 11.9. The first-order valence-electron chi connectivity index (χ1n) is 7.23. The molecule has 1 atom stereocenters. The quantitative estimate of drug-likeness (QED) is 0.724. The molecule has 1 aliphatic carbocycles. The van der Waals surface area contributed by atoms with Crippen LogP contribution < -0.4 is 11.2 Å². The average Bonchev–Trinajstić information content (AvgIpc) is 2.82. The Labute approximate surface area is 124 Å². The van der Waals surface area contributed by atoms with Gasteiger partial charge in [0.1, 0.15) is 9.53 Å². The molecule has 2 N–H and O–H groups in total. The van der Waals surface area contributed by atoms with Gasteiger partial charge in [0, 0.05) is 11.1 Å². The van der Waals surface area contributed by atoms with E-state index < -0.39 is 5.69 Å². The predicted octanol–water partition coefficient (Wildman–Crippen LogP) is 2.34. The van der Waals surface area contributed by atoms with Gasteiger partial charge in [0.2, 0.25) is 0 Å². The standard InChI is InChI=1S/C15H15N3O2S/c1-2-7-3-4-10-8(5-7)6-9-11-12(21-14(9)16-10)13(19)18-15(20)17-11/h6-7H,2-5H2,1H3,(H2,17,18,19,20)/t7-/m0/s1. The molecular weight excluding hydrogens is 286 g/mol. The summed E-state index contributed by atoms with van der Waals surface area (Å²) in [6, 6.07) is 2.12. The van der Waals surface area contributed by atoms with Crippen molar-refractivity contribution < 1.29 is 0 Å². The van der Waals surface area contributed by atoms with Crippen molar-refractivity contribution in [2.45, 2.75) is 32.6 Å². The molecule has 4 rings (SSSR count). The summed E-state index contributed by atoms with van der Waals surface area (Å²) >= 11 is 1.35. The van der Waals surface area contributed by atoms with Gasteiger partial charge >= 0.3 is 5.69 Å². The van der Waals surface area contributed by atoms with Crippen molar-refractivity contribution in [1.29, 1.82) is 0 Å². The Balaban J connectivity index is 2.03. The van der Waals surface area contributed by atoms with E-state index in [0.29, 0.717) is 16.1 Å². The number of H-pyrrole nitrogens is 2. The molecule has 0 radical (unpaired) electrons. The zero-order valence-corrected chi connectivity index (χ0v) is 12.5. The molecule has 0 spiro atoms. The van der Waals surface area contributed by atoms with E-state index in [9.17, 15) is 9.59 Å². The number of fused-ring (bicyclic) bond motifs is 4. The van der Waals surface area contributed by atoms with Gasteiger partial charge in [-0.15, -0.1) is 11.3 Å². The van der Waals surface area contributed by atoms with E-state index >= 15 is 0 Å². The number of nitrogens with zero attached hydrogens (tertiary/aromatic N) is 1. The monoisotopic (exact) mass is 301 g/mol. The summed E-state index contributed by atoms with van der Waals surface area (Å²) in [6.07, 6.45) is 4.41. The molecule has 108 valence electrons. The second kappa shape index (κ2) is 4.53. The Kier molecular flexibility index (Phi) is 2.75. The highest BCUT2D eigenvalue weighted by Gasteiger charge is 2.21. The van der Waals surface area contributed by atoms with Gasteiger partial charge in [-0.3, -0.25) is 9.78 Å². The van der Waals surface area contributed by atoms with Crippen LogP contribution in [0.15, 0.2) is 15.7 Å². The molecule has 0 saturated heterocycles. The van der Waals surface area contributed by atoms with Crippen LogP contribution in [0.1, 0.15) is 31.0 Å². The van der Waals surface area contributed by atoms with Gasteiger partial charge in [-0.25, -0.2) is 9.78 Å². The highest BCUT2D eigenvalue weighted by Crippen LogP contribution is 2.34. The fourth-order valence-electron chi connectivity index (χ4n) is 3.19. The molecule has 0 aliphatic heterocycles. The molecule has 3 aromatic rings. The summed E-state index contributed by atoms with van der Waals surface area (Å²) in [5, 5.41) is 0.897. The highest BCUT2D eigenvalue weighted by atomic mass is 32.1. The van der Waals surface area contributed by atoms with Crippen molar-refractivity contribution >= 4 is 31.8 Å². The smallest absolute Gasteiger partial charge is 0.305 e. The van der Waals surface area contributed by atoms with Crippen molar-refractivity contribution in [3.05, 3.63) is 38.2 Å². The van der Waals surface area contributed by atoms with Crippen LogP contribution in [0.4, 0.5) is 0 Å². The molecular formula is C15H15N3O2S. The third-order valence-electron chi connectivity index (χ3n) is 4.40. The van der Waals surface area contributed by atoms with Crippen LogP contribution in [0.25, 0.3) is 20.4 Å². The summed E-state index contributed by atoms with van der Waals surface area (Å²) in [5.41, 5.74) is 2.24. The van der Waals surface area contributed by atoms with Gasteiger partial charge in [-0.05, 0) is 36.8 Å². The van der Waals surface area contributed by atoms with Gasteiger partial charge in [0.05, 0.1) is 5.52 Å². The van der Waals surface area contributed by atoms with Gasteiger partial charge < -0.3 is 4.98 Å². The second-order valence-electron chi connectivity index (χ2n) is 5.68. The molecule has 6 heteroatoms. The van der Waals surface area contributed by atoms with Crippen molar-refractivity contribution in [1.82, 2.24) is 15.0 Å². The molecule has 0 fully saturated rings. The van der Waals surface area contributed by atoms with Crippen molar-refractivity contribution in [2.75, 3.05) is 0 Å². The highest BCUT2D eigenvalue weighted by molar-refractivity contribution is 7.25. The Hall–Kier alpha value is -1.95. The van der Waals surface area contributed by atoms with E-state index in [1.807, 2.05) is 0 Å². The maximum atomic E-state index is 11.9. The SMILES string of the molecule is CC[C@H]1CCc2nc3sc4c(=O)[nH]c(=O)[nH]c4c3cc2C1. The molecule has 0 bridgehead atoms. The molecule has 3 aromatic heterocycles. The van der Waals surface area contributed by atoms with Crippen LogP contribution in [-0.4, -0.2) is 15.0 Å². The molecule has 0 aromatic carbocycles. The number of aryl methyl sites for hydroxylation is 1. The number of hydrogen-bond donors (Lipinski definition) is 2. The normalized spacial score (nSPS) is 18.2. The maximum Gasteiger partial charge on any atom is 0.326 e. The average molecular weight is 301 g/mol. The fraction of sp³-hybridized carbons (Fsp3) is 0.400. The Bertz CT molecular complexity index is 967. The number of thiophene rings is 1. The van der Waals surface area contributed by atoms with E-state index in [4.69, 9.17) is 4.98 Å². The topological polar surface area (TPSA) is 78.6 Å². The van der Waals surface area contributed by atoms with Gasteiger partial charge in [0.25, 0.3) is 5.56 Å². The van der Waals surface area contributed by atoms with Gasteiger partial charge in [-0.1, -0.05) is 13.3 Å². The van der Waals surface area contributed by atoms with Crippen LogP contribution in [0.2, 0.25) is 0 Å². The summed E-state index contributed by atoms with van der Waals surface area (Å²) in [4.78, 5) is 34.0. The summed E-state index contributed by atoms with van der Waals surface area (Å²) < 4.78 is 0.548. The number of pyridine rings is 1. The first kappa shape index (κ1) is 12.8. The first-order valence-corrected chi connectivity index (χ1v) is 8.05. The summed E-state index contributed by atoms with van der Waals surface area (Å²) in [5.74, 6) is 0.712. The van der Waals surface area contributed by atoms with Gasteiger partial charge in [0.15, 0.2) is 0 Å². The van der Waals surface area contributed by atoms with E-state index in [1.54, 1.807) is 0 Å². The molecule has 0 saturated carbocycles. The van der Waals surface area contributed by atoms with Crippen molar-refractivity contribution in [2.24, 2.45) is 5.92 Å². The van der Waals surface area contributed by atoms with Crippen LogP contribution in [-0.2, 0) is 12.8 Å². The van der Waals surface area contributed by atoms with Crippen molar-refractivity contribution in [3.8, 4) is 0 Å². The first-order chi connectivity index (χ1) is 10.2. The minimum Gasteiger partial charge on any atom is -0.305 e. The number of rotatable bonds is 1. The van der Waals surface area contributed by atoms with Gasteiger partial charge in [-0.2, -0.15) is 0 Å². The fourth-order valence-corrected chi connectivity index (χ4v) is 4.21. The largest absolute Gasteiger partial charge is 0.326 e. The van der Waals surface area contributed by atoms with Crippen LogP contribution >= 0.6 is 11.3 Å². The van der Waals surface area contributed by atoms with E-state index in [1.165, 1.54) is 29.7 Å². The molecule has 21 heavy (non-hydrogen) atoms.